The molecule has 1 aliphatic rings. The number of anilines is 1. The van der Waals surface area contributed by atoms with Crippen molar-refractivity contribution in [3.05, 3.63) is 29.0 Å². The summed E-state index contributed by atoms with van der Waals surface area (Å²) < 4.78 is 14.1. The van der Waals surface area contributed by atoms with E-state index in [0.717, 1.165) is 0 Å². The van der Waals surface area contributed by atoms with E-state index in [1.165, 1.54) is 23.1 Å². The summed E-state index contributed by atoms with van der Waals surface area (Å²) in [5.41, 5.74) is -0.813. The van der Waals surface area contributed by atoms with Crippen LogP contribution in [0.2, 0.25) is 5.02 Å². The molecule has 1 fully saturated rings. The molecule has 114 valence electrons. The van der Waals surface area contributed by atoms with E-state index in [1.54, 1.807) is 0 Å². The molecule has 1 N–H and O–H groups in total. The van der Waals surface area contributed by atoms with Crippen LogP contribution in [0, 0.1) is 5.82 Å². The summed E-state index contributed by atoms with van der Waals surface area (Å²) in [6, 6.07) is 4.18. The van der Waals surface area contributed by atoms with E-state index in [4.69, 9.17) is 11.6 Å². The number of benzene rings is 1. The van der Waals surface area contributed by atoms with Crippen LogP contribution in [0.4, 0.5) is 10.1 Å². The fraction of sp³-hybridized carbons (Fsp3) is 0.467. The van der Waals surface area contributed by atoms with E-state index < -0.39 is 11.4 Å². The van der Waals surface area contributed by atoms with Gasteiger partial charge in [0.25, 0.3) is 5.91 Å². The van der Waals surface area contributed by atoms with Crippen LogP contribution in [0.3, 0.4) is 0 Å². The maximum Gasteiger partial charge on any atom is 0.252 e. The molecule has 6 heteroatoms. The fourth-order valence-corrected chi connectivity index (χ4v) is 2.77. The van der Waals surface area contributed by atoms with Gasteiger partial charge in [0.15, 0.2) is 0 Å². The number of rotatable bonds is 3. The highest BCUT2D eigenvalue weighted by atomic mass is 35.5. The van der Waals surface area contributed by atoms with Crippen LogP contribution in [-0.2, 0) is 9.59 Å². The van der Waals surface area contributed by atoms with Gasteiger partial charge in [-0.15, -0.1) is 0 Å². The second kappa shape index (κ2) is 6.02. The molecule has 1 aromatic rings. The van der Waals surface area contributed by atoms with Crippen molar-refractivity contribution in [1.82, 2.24) is 5.32 Å². The summed E-state index contributed by atoms with van der Waals surface area (Å²) in [7, 11) is 0. The summed E-state index contributed by atoms with van der Waals surface area (Å²) >= 11 is 5.75. The zero-order valence-electron chi connectivity index (χ0n) is 12.1. The van der Waals surface area contributed by atoms with E-state index in [1.807, 2.05) is 13.8 Å². The van der Waals surface area contributed by atoms with Gasteiger partial charge in [0.1, 0.15) is 11.4 Å². The Labute approximate surface area is 128 Å². The predicted molar refractivity (Wildman–Crippen MR) is 79.8 cm³/mol. The van der Waals surface area contributed by atoms with Crippen LogP contribution < -0.4 is 10.2 Å². The van der Waals surface area contributed by atoms with Gasteiger partial charge in [0.2, 0.25) is 5.91 Å². The van der Waals surface area contributed by atoms with Crippen molar-refractivity contribution >= 4 is 29.1 Å². The molecule has 0 radical (unpaired) electrons. The van der Waals surface area contributed by atoms with Crippen molar-refractivity contribution in [2.45, 2.75) is 38.6 Å². The molecule has 0 saturated carbocycles. The molecular formula is C15H18ClFN2O2. The minimum Gasteiger partial charge on any atom is -0.342 e. The Morgan fingerprint density at radius 3 is 2.57 bits per heavy atom. The standard InChI is InChI=1S/C15H18ClFN2O2/c1-3-15(4-2)14(21)19(8-7-13(20)18-15)12-6-5-10(16)9-11(12)17/h5-6,9H,3-4,7-8H2,1-2H3,(H,18,20). The summed E-state index contributed by atoms with van der Waals surface area (Å²) in [5.74, 6) is -1.03. The van der Waals surface area contributed by atoms with E-state index in [-0.39, 0.29) is 35.5 Å². The van der Waals surface area contributed by atoms with Crippen LogP contribution in [-0.4, -0.2) is 23.9 Å². The van der Waals surface area contributed by atoms with Gasteiger partial charge in [-0.25, -0.2) is 4.39 Å². The average molecular weight is 313 g/mol. The Bertz CT molecular complexity index is 573. The number of amides is 2. The molecule has 2 amide bonds. The molecule has 0 bridgehead atoms. The first-order chi connectivity index (χ1) is 9.93. The second-order valence-electron chi connectivity index (χ2n) is 5.14. The zero-order chi connectivity index (χ0) is 15.6. The maximum atomic E-state index is 14.1. The molecule has 0 atom stereocenters. The lowest BCUT2D eigenvalue weighted by Crippen LogP contribution is -2.56. The third-order valence-corrected chi connectivity index (χ3v) is 4.24. The molecule has 21 heavy (non-hydrogen) atoms. The first-order valence-electron chi connectivity index (χ1n) is 7.01. The number of carbonyl (C=O) groups is 2. The highest BCUT2D eigenvalue weighted by Crippen LogP contribution is 2.29. The molecule has 4 nitrogen and oxygen atoms in total. The van der Waals surface area contributed by atoms with Crippen molar-refractivity contribution in [1.29, 1.82) is 0 Å². The van der Waals surface area contributed by atoms with Gasteiger partial charge in [-0.1, -0.05) is 25.4 Å². The van der Waals surface area contributed by atoms with Crippen LogP contribution in [0.15, 0.2) is 18.2 Å². The van der Waals surface area contributed by atoms with Crippen molar-refractivity contribution in [2.24, 2.45) is 0 Å². The second-order valence-corrected chi connectivity index (χ2v) is 5.58. The Morgan fingerprint density at radius 2 is 2.00 bits per heavy atom. The smallest absolute Gasteiger partial charge is 0.252 e. The molecule has 1 saturated heterocycles. The fourth-order valence-electron chi connectivity index (χ4n) is 2.62. The van der Waals surface area contributed by atoms with Crippen LogP contribution in [0.1, 0.15) is 33.1 Å². The molecule has 1 aliphatic heterocycles. The van der Waals surface area contributed by atoms with Gasteiger partial charge < -0.3 is 10.2 Å². The highest BCUT2D eigenvalue weighted by Gasteiger charge is 2.42. The lowest BCUT2D eigenvalue weighted by atomic mass is 9.91. The molecule has 0 unspecified atom stereocenters. The summed E-state index contributed by atoms with van der Waals surface area (Å²) in [5, 5.41) is 3.06. The Hall–Kier alpha value is -1.62. The third kappa shape index (κ3) is 2.88. The normalized spacial score (nSPS) is 18.4. The molecule has 1 heterocycles. The first-order valence-corrected chi connectivity index (χ1v) is 7.39. The predicted octanol–water partition coefficient (Wildman–Crippen LogP) is 2.89. The number of carbonyl (C=O) groups excluding carboxylic acids is 2. The number of nitrogens with zero attached hydrogens (tertiary/aromatic N) is 1. The summed E-state index contributed by atoms with van der Waals surface area (Å²) in [6.45, 7) is 3.83. The quantitative estimate of drug-likeness (QED) is 0.933. The minimum atomic E-state index is -0.973. The Kier molecular flexibility index (Phi) is 4.52. The number of halogens is 2. The van der Waals surface area contributed by atoms with Gasteiger partial charge in [-0.3, -0.25) is 9.59 Å². The first kappa shape index (κ1) is 15.8. The van der Waals surface area contributed by atoms with Crippen molar-refractivity contribution in [2.75, 3.05) is 11.4 Å². The Morgan fingerprint density at radius 1 is 1.33 bits per heavy atom. The van der Waals surface area contributed by atoms with Crippen molar-refractivity contribution in [3.8, 4) is 0 Å². The average Bonchev–Trinajstić information content (AvgIpc) is 2.58. The topological polar surface area (TPSA) is 49.4 Å². The zero-order valence-corrected chi connectivity index (χ0v) is 12.8. The molecule has 0 spiro atoms. The van der Waals surface area contributed by atoms with Gasteiger partial charge in [-0.05, 0) is 31.0 Å². The van der Waals surface area contributed by atoms with E-state index >= 15 is 0 Å². The largest absolute Gasteiger partial charge is 0.342 e. The lowest BCUT2D eigenvalue weighted by Gasteiger charge is -2.33. The van der Waals surface area contributed by atoms with Crippen LogP contribution in [0.5, 0.6) is 0 Å². The van der Waals surface area contributed by atoms with Crippen molar-refractivity contribution in [3.63, 3.8) is 0 Å². The van der Waals surface area contributed by atoms with Gasteiger partial charge in [-0.2, -0.15) is 0 Å². The Balaban J connectivity index is 2.47. The number of hydrogen-bond donors (Lipinski definition) is 1. The maximum absolute atomic E-state index is 14.1. The molecular weight excluding hydrogens is 295 g/mol. The summed E-state index contributed by atoms with van der Waals surface area (Å²) in [6.07, 6.45) is 1.06. The van der Waals surface area contributed by atoms with Crippen LogP contribution in [0.25, 0.3) is 0 Å². The van der Waals surface area contributed by atoms with Gasteiger partial charge >= 0.3 is 0 Å². The lowest BCUT2D eigenvalue weighted by molar-refractivity contribution is -0.130. The SMILES string of the molecule is CCC1(CC)NC(=O)CCN(c2ccc(Cl)cc2F)C1=O. The van der Waals surface area contributed by atoms with E-state index in [0.29, 0.717) is 12.8 Å². The van der Waals surface area contributed by atoms with Gasteiger partial charge in [0.05, 0.1) is 5.69 Å². The molecule has 2 rings (SSSR count). The van der Waals surface area contributed by atoms with Crippen molar-refractivity contribution < 1.29 is 14.0 Å². The van der Waals surface area contributed by atoms with Gasteiger partial charge in [0, 0.05) is 18.0 Å². The third-order valence-electron chi connectivity index (χ3n) is 4.00. The molecule has 1 aromatic carbocycles. The number of nitrogens with one attached hydrogen (secondary N) is 1. The van der Waals surface area contributed by atoms with E-state index in [2.05, 4.69) is 5.32 Å². The summed E-state index contributed by atoms with van der Waals surface area (Å²) in [4.78, 5) is 26.0. The monoisotopic (exact) mass is 312 g/mol. The molecule has 0 aromatic heterocycles. The number of hydrogen-bond acceptors (Lipinski definition) is 2. The highest BCUT2D eigenvalue weighted by molar-refractivity contribution is 6.30. The minimum absolute atomic E-state index is 0.148. The molecule has 0 aliphatic carbocycles. The van der Waals surface area contributed by atoms with Crippen LogP contribution >= 0.6 is 11.6 Å². The van der Waals surface area contributed by atoms with E-state index in [9.17, 15) is 14.0 Å².